The molecule has 37 heavy (non-hydrogen) atoms. The summed E-state index contributed by atoms with van der Waals surface area (Å²) >= 11 is 0. The van der Waals surface area contributed by atoms with Gasteiger partial charge < -0.3 is 14.4 Å². The second kappa shape index (κ2) is 10.8. The maximum Gasteiger partial charge on any atom is 0.573 e. The van der Waals surface area contributed by atoms with Gasteiger partial charge in [0.05, 0.1) is 18.2 Å². The van der Waals surface area contributed by atoms with Crippen LogP contribution in [0.2, 0.25) is 0 Å². The molecule has 1 fully saturated rings. The molecule has 1 aromatic heterocycles. The lowest BCUT2D eigenvalue weighted by molar-refractivity contribution is -0.274. The van der Waals surface area contributed by atoms with E-state index in [0.717, 1.165) is 17.0 Å². The van der Waals surface area contributed by atoms with Crippen LogP contribution >= 0.6 is 0 Å². The molecule has 12 heteroatoms. The number of aromatic nitrogens is 2. The Morgan fingerprint density at radius 1 is 1.16 bits per heavy atom. The molecule has 3 rings (SSSR count). The van der Waals surface area contributed by atoms with Gasteiger partial charge in [-0.3, -0.25) is 4.90 Å². The van der Waals surface area contributed by atoms with Crippen molar-refractivity contribution in [2.24, 2.45) is 0 Å². The lowest BCUT2D eigenvalue weighted by Crippen LogP contribution is -2.50. The SMILES string of the molecule is CC#CCN(c1nc(C2CN(C(=O)OC(C)(C)C)C2)nc(-c2ccc(OC(F)(F)F)cc2)c1C)C(F)F. The van der Waals surface area contributed by atoms with Crippen LogP contribution in [0, 0.1) is 18.8 Å². The minimum atomic E-state index is -4.85. The molecule has 1 amide bonds. The van der Waals surface area contributed by atoms with E-state index in [1.54, 1.807) is 27.7 Å². The highest BCUT2D eigenvalue weighted by Gasteiger charge is 2.37. The van der Waals surface area contributed by atoms with Crippen LogP contribution in [-0.2, 0) is 4.74 Å². The standard InChI is InChI=1S/C25H27F5N4O3/c1-6-7-12-34(22(26)27)21-15(2)19(16-8-10-18(11-9-16)36-25(28,29)30)31-20(32-21)17-13-33(14-17)23(35)37-24(3,4)5/h8-11,17,22H,12-14H2,1-5H3. The van der Waals surface area contributed by atoms with E-state index in [0.29, 0.717) is 11.1 Å². The van der Waals surface area contributed by atoms with Crippen LogP contribution in [0.25, 0.3) is 11.3 Å². The molecule has 200 valence electrons. The van der Waals surface area contributed by atoms with E-state index in [2.05, 4.69) is 26.5 Å². The smallest absolute Gasteiger partial charge is 0.444 e. The average Bonchev–Trinajstić information content (AvgIpc) is 2.72. The molecule has 2 heterocycles. The molecule has 0 radical (unpaired) electrons. The Morgan fingerprint density at radius 2 is 1.78 bits per heavy atom. The lowest BCUT2D eigenvalue weighted by Gasteiger charge is -2.39. The number of alkyl halides is 5. The third kappa shape index (κ3) is 7.21. The van der Waals surface area contributed by atoms with Crippen molar-refractivity contribution in [3.05, 3.63) is 35.7 Å². The molecule has 0 bridgehead atoms. The fraction of sp³-hybridized carbons (Fsp3) is 0.480. The summed E-state index contributed by atoms with van der Waals surface area (Å²) in [7, 11) is 0. The number of anilines is 1. The Hall–Kier alpha value is -3.62. The molecule has 0 aliphatic carbocycles. The van der Waals surface area contributed by atoms with Gasteiger partial charge in [0, 0.05) is 24.2 Å². The van der Waals surface area contributed by atoms with Gasteiger partial charge in [0.25, 0.3) is 0 Å². The summed E-state index contributed by atoms with van der Waals surface area (Å²) in [4.78, 5) is 23.5. The van der Waals surface area contributed by atoms with Crippen molar-refractivity contribution in [2.45, 2.75) is 59.0 Å². The number of ether oxygens (including phenoxy) is 2. The summed E-state index contributed by atoms with van der Waals surface area (Å²) in [5.41, 5.74) is 0.276. The van der Waals surface area contributed by atoms with Crippen molar-refractivity contribution in [3.63, 3.8) is 0 Å². The van der Waals surface area contributed by atoms with Crippen LogP contribution in [0.3, 0.4) is 0 Å². The highest BCUT2D eigenvalue weighted by molar-refractivity contribution is 5.71. The van der Waals surface area contributed by atoms with Gasteiger partial charge in [0.1, 0.15) is 23.0 Å². The molecule has 1 aliphatic heterocycles. The zero-order chi connectivity index (χ0) is 27.5. The second-order valence-corrected chi connectivity index (χ2v) is 9.37. The Labute approximate surface area is 211 Å². The molecule has 1 aliphatic rings. The van der Waals surface area contributed by atoms with E-state index < -0.39 is 30.4 Å². The van der Waals surface area contributed by atoms with Crippen molar-refractivity contribution < 1.29 is 36.2 Å². The van der Waals surface area contributed by atoms with E-state index in [9.17, 15) is 26.7 Å². The molecule has 0 spiro atoms. The fourth-order valence-corrected chi connectivity index (χ4v) is 3.60. The Bertz CT molecular complexity index is 1180. The molecular weight excluding hydrogens is 499 g/mol. The highest BCUT2D eigenvalue weighted by Crippen LogP contribution is 2.35. The minimum Gasteiger partial charge on any atom is -0.444 e. The van der Waals surface area contributed by atoms with E-state index >= 15 is 0 Å². The van der Waals surface area contributed by atoms with E-state index in [1.165, 1.54) is 24.0 Å². The summed E-state index contributed by atoms with van der Waals surface area (Å²) in [6.07, 6.45) is -5.36. The molecule has 1 aromatic carbocycles. The summed E-state index contributed by atoms with van der Waals surface area (Å²) in [5.74, 6) is 4.58. The first-order chi connectivity index (χ1) is 17.2. The number of likely N-dealkylation sites (tertiary alicyclic amines) is 1. The van der Waals surface area contributed by atoms with Crippen LogP contribution in [0.1, 0.15) is 45.0 Å². The number of halogens is 5. The second-order valence-electron chi connectivity index (χ2n) is 9.37. The monoisotopic (exact) mass is 526 g/mol. The first-order valence-corrected chi connectivity index (χ1v) is 11.4. The molecule has 0 N–H and O–H groups in total. The fourth-order valence-electron chi connectivity index (χ4n) is 3.60. The number of benzene rings is 1. The summed E-state index contributed by atoms with van der Waals surface area (Å²) in [6.45, 7) is 5.54. The molecule has 2 aromatic rings. The van der Waals surface area contributed by atoms with Crippen LogP contribution in [0.4, 0.5) is 32.6 Å². The van der Waals surface area contributed by atoms with Crippen LogP contribution in [0.5, 0.6) is 5.75 Å². The summed E-state index contributed by atoms with van der Waals surface area (Å²) in [5, 5.41) is 0. The average molecular weight is 527 g/mol. The van der Waals surface area contributed by atoms with Gasteiger partial charge in [-0.05, 0) is 58.9 Å². The number of rotatable bonds is 6. The highest BCUT2D eigenvalue weighted by atomic mass is 19.4. The Morgan fingerprint density at radius 3 is 2.30 bits per heavy atom. The molecular formula is C25H27F5N4O3. The third-order valence-electron chi connectivity index (χ3n) is 5.33. The minimum absolute atomic E-state index is 0.0518. The zero-order valence-corrected chi connectivity index (χ0v) is 21.0. The van der Waals surface area contributed by atoms with Gasteiger partial charge in [-0.1, -0.05) is 5.92 Å². The number of amides is 1. The van der Waals surface area contributed by atoms with E-state index in [1.807, 2.05) is 0 Å². The van der Waals surface area contributed by atoms with Gasteiger partial charge in [-0.2, -0.15) is 8.78 Å². The number of hydrogen-bond acceptors (Lipinski definition) is 6. The zero-order valence-electron chi connectivity index (χ0n) is 21.0. The molecule has 7 nitrogen and oxygen atoms in total. The summed E-state index contributed by atoms with van der Waals surface area (Å²) in [6, 6.07) is 4.95. The van der Waals surface area contributed by atoms with Gasteiger partial charge in [0.2, 0.25) is 0 Å². The van der Waals surface area contributed by atoms with E-state index in [4.69, 9.17) is 4.74 Å². The Kier molecular flexibility index (Phi) is 8.15. The first kappa shape index (κ1) is 28.0. The first-order valence-electron chi connectivity index (χ1n) is 11.4. The number of nitrogens with zero attached hydrogens (tertiary/aromatic N) is 4. The Balaban J connectivity index is 1.99. The topological polar surface area (TPSA) is 67.8 Å². The normalized spacial score (nSPS) is 14.1. The molecule has 0 atom stereocenters. The van der Waals surface area contributed by atoms with Crippen molar-refractivity contribution in [3.8, 4) is 28.8 Å². The van der Waals surface area contributed by atoms with Crippen molar-refractivity contribution >= 4 is 11.9 Å². The molecule has 0 saturated carbocycles. The van der Waals surface area contributed by atoms with Crippen molar-refractivity contribution in [1.82, 2.24) is 14.9 Å². The maximum absolute atomic E-state index is 14.0. The van der Waals surface area contributed by atoms with Gasteiger partial charge in [0.15, 0.2) is 0 Å². The van der Waals surface area contributed by atoms with Crippen LogP contribution < -0.4 is 9.64 Å². The molecule has 0 unspecified atom stereocenters. The number of carbonyl (C=O) groups excluding carboxylic acids is 1. The lowest BCUT2D eigenvalue weighted by atomic mass is 9.98. The summed E-state index contributed by atoms with van der Waals surface area (Å²) < 4.78 is 74.9. The van der Waals surface area contributed by atoms with Crippen LogP contribution in [-0.4, -0.2) is 59.1 Å². The quantitative estimate of drug-likeness (QED) is 0.272. The third-order valence-corrected chi connectivity index (χ3v) is 5.33. The van der Waals surface area contributed by atoms with Crippen molar-refractivity contribution in [1.29, 1.82) is 0 Å². The largest absolute Gasteiger partial charge is 0.573 e. The predicted octanol–water partition coefficient (Wildman–Crippen LogP) is 5.74. The van der Waals surface area contributed by atoms with Gasteiger partial charge >= 0.3 is 19.0 Å². The van der Waals surface area contributed by atoms with E-state index in [-0.39, 0.29) is 42.9 Å². The molecule has 1 saturated heterocycles. The van der Waals surface area contributed by atoms with Crippen molar-refractivity contribution in [2.75, 3.05) is 24.5 Å². The van der Waals surface area contributed by atoms with Gasteiger partial charge in [-0.15, -0.1) is 19.1 Å². The number of carbonyl (C=O) groups is 1. The van der Waals surface area contributed by atoms with Crippen LogP contribution in [0.15, 0.2) is 24.3 Å². The predicted molar refractivity (Wildman–Crippen MR) is 126 cm³/mol. The number of hydrogen-bond donors (Lipinski definition) is 0. The van der Waals surface area contributed by atoms with Gasteiger partial charge in [-0.25, -0.2) is 14.8 Å². The maximum atomic E-state index is 14.0.